The average Bonchev–Trinajstić information content (AvgIpc) is 2.46. The van der Waals surface area contributed by atoms with E-state index in [0.29, 0.717) is 22.6 Å². The Balaban J connectivity index is 2.61. The molecular weight excluding hydrogens is 282 g/mol. The van der Waals surface area contributed by atoms with Gasteiger partial charge in [0, 0.05) is 17.3 Å². The number of hydrogen-bond donors (Lipinski definition) is 1. The highest BCUT2D eigenvalue weighted by Crippen LogP contribution is 2.34. The third-order valence-corrected chi connectivity index (χ3v) is 3.09. The molecule has 0 spiro atoms. The number of ether oxygens (including phenoxy) is 2. The predicted octanol–water partition coefficient (Wildman–Crippen LogP) is 3.12. The van der Waals surface area contributed by atoms with Crippen LogP contribution >= 0.6 is 11.6 Å². The minimum absolute atomic E-state index is 0.0527. The van der Waals surface area contributed by atoms with E-state index in [1.54, 1.807) is 25.3 Å². The quantitative estimate of drug-likeness (QED) is 0.877. The first-order valence-corrected chi connectivity index (χ1v) is 6.06. The summed E-state index contributed by atoms with van der Waals surface area (Å²) in [4.78, 5) is 15.0. The minimum atomic E-state index is -1.13. The first-order chi connectivity index (χ1) is 9.56. The van der Waals surface area contributed by atoms with E-state index in [4.69, 9.17) is 26.2 Å². The highest BCUT2D eigenvalue weighted by molar-refractivity contribution is 6.32. The Hall–Kier alpha value is -2.27. The Morgan fingerprint density at radius 3 is 2.60 bits per heavy atom. The number of benzene rings is 1. The third-order valence-electron chi connectivity index (χ3n) is 2.79. The Labute approximate surface area is 120 Å². The molecule has 0 fully saturated rings. The van der Waals surface area contributed by atoms with E-state index in [0.717, 1.165) is 0 Å². The van der Waals surface area contributed by atoms with Crippen molar-refractivity contribution in [2.24, 2.45) is 0 Å². The zero-order valence-electron chi connectivity index (χ0n) is 10.9. The van der Waals surface area contributed by atoms with Gasteiger partial charge in [-0.05, 0) is 24.3 Å². The van der Waals surface area contributed by atoms with E-state index in [-0.39, 0.29) is 10.7 Å². The van der Waals surface area contributed by atoms with Gasteiger partial charge in [0.05, 0.1) is 19.8 Å². The van der Waals surface area contributed by atoms with Crippen LogP contribution in [0.2, 0.25) is 5.15 Å². The third kappa shape index (κ3) is 2.67. The predicted molar refractivity (Wildman–Crippen MR) is 74.7 cm³/mol. The van der Waals surface area contributed by atoms with Crippen LogP contribution in [-0.2, 0) is 0 Å². The smallest absolute Gasteiger partial charge is 0.338 e. The molecule has 0 aliphatic rings. The fraction of sp³-hybridized carbons (Fsp3) is 0.143. The van der Waals surface area contributed by atoms with Crippen molar-refractivity contribution in [2.45, 2.75) is 0 Å². The van der Waals surface area contributed by atoms with Gasteiger partial charge in [0.25, 0.3) is 0 Å². The molecule has 1 heterocycles. The molecule has 2 aromatic rings. The number of aromatic nitrogens is 1. The van der Waals surface area contributed by atoms with Crippen LogP contribution in [0.25, 0.3) is 11.1 Å². The second-order valence-corrected chi connectivity index (χ2v) is 4.29. The molecular formula is C14H12ClNO4. The zero-order valence-corrected chi connectivity index (χ0v) is 11.6. The van der Waals surface area contributed by atoms with E-state index in [9.17, 15) is 4.79 Å². The summed E-state index contributed by atoms with van der Waals surface area (Å²) >= 11 is 5.76. The second kappa shape index (κ2) is 5.79. The maximum Gasteiger partial charge on any atom is 0.338 e. The lowest BCUT2D eigenvalue weighted by Crippen LogP contribution is -2.00. The Morgan fingerprint density at radius 1 is 1.25 bits per heavy atom. The van der Waals surface area contributed by atoms with Crippen molar-refractivity contribution in [3.63, 3.8) is 0 Å². The van der Waals surface area contributed by atoms with Crippen molar-refractivity contribution < 1.29 is 19.4 Å². The van der Waals surface area contributed by atoms with Crippen molar-refractivity contribution in [1.29, 1.82) is 0 Å². The maximum atomic E-state index is 11.1. The molecule has 0 saturated carbocycles. The minimum Gasteiger partial charge on any atom is -0.497 e. The molecule has 0 unspecified atom stereocenters. The molecule has 1 aromatic heterocycles. The Kier molecular flexibility index (Phi) is 4.10. The number of nitrogens with zero attached hydrogens (tertiary/aromatic N) is 1. The topological polar surface area (TPSA) is 68.7 Å². The molecule has 1 N–H and O–H groups in total. The number of carboxylic acids is 1. The van der Waals surface area contributed by atoms with Crippen LogP contribution in [0.4, 0.5) is 0 Å². The van der Waals surface area contributed by atoms with Crippen LogP contribution in [0.1, 0.15) is 10.4 Å². The molecule has 1 aromatic carbocycles. The molecule has 104 valence electrons. The van der Waals surface area contributed by atoms with Gasteiger partial charge in [-0.2, -0.15) is 0 Å². The van der Waals surface area contributed by atoms with Crippen molar-refractivity contribution in [2.75, 3.05) is 14.2 Å². The Bertz CT molecular complexity index is 658. The summed E-state index contributed by atoms with van der Waals surface area (Å²) in [6.45, 7) is 0. The van der Waals surface area contributed by atoms with Crippen molar-refractivity contribution >= 4 is 17.6 Å². The number of hydrogen-bond acceptors (Lipinski definition) is 4. The van der Waals surface area contributed by atoms with Gasteiger partial charge < -0.3 is 14.6 Å². The van der Waals surface area contributed by atoms with Crippen LogP contribution < -0.4 is 9.47 Å². The number of carbonyl (C=O) groups is 1. The number of methoxy groups -OCH3 is 2. The molecule has 0 atom stereocenters. The molecule has 0 aliphatic heterocycles. The van der Waals surface area contributed by atoms with Gasteiger partial charge in [-0.15, -0.1) is 0 Å². The number of carboxylic acid groups (broad SMARTS) is 1. The van der Waals surface area contributed by atoms with Gasteiger partial charge in [-0.3, -0.25) is 0 Å². The molecule has 5 nitrogen and oxygen atoms in total. The summed E-state index contributed by atoms with van der Waals surface area (Å²) in [5, 5.41) is 9.03. The first kappa shape index (κ1) is 14.1. The van der Waals surface area contributed by atoms with Crippen LogP contribution in [0.15, 0.2) is 30.5 Å². The van der Waals surface area contributed by atoms with Crippen LogP contribution in [-0.4, -0.2) is 30.3 Å². The monoisotopic (exact) mass is 293 g/mol. The second-order valence-electron chi connectivity index (χ2n) is 3.93. The normalized spacial score (nSPS) is 10.2. The fourth-order valence-electron chi connectivity index (χ4n) is 1.79. The van der Waals surface area contributed by atoms with Gasteiger partial charge >= 0.3 is 5.97 Å². The summed E-state index contributed by atoms with van der Waals surface area (Å²) < 4.78 is 10.4. The summed E-state index contributed by atoms with van der Waals surface area (Å²) in [6, 6.07) is 6.69. The molecule has 6 heteroatoms. The molecule has 0 amide bonds. The van der Waals surface area contributed by atoms with E-state index < -0.39 is 5.97 Å². The summed E-state index contributed by atoms with van der Waals surface area (Å²) in [6.07, 6.45) is 1.49. The van der Waals surface area contributed by atoms with E-state index in [2.05, 4.69) is 4.98 Å². The van der Waals surface area contributed by atoms with Gasteiger partial charge in [0.2, 0.25) is 0 Å². The van der Waals surface area contributed by atoms with Gasteiger partial charge in [0.1, 0.15) is 16.7 Å². The zero-order chi connectivity index (χ0) is 14.7. The highest BCUT2D eigenvalue weighted by atomic mass is 35.5. The lowest BCUT2D eigenvalue weighted by molar-refractivity contribution is 0.0696. The lowest BCUT2D eigenvalue weighted by atomic mass is 10.0. The standard InChI is InChI=1S/C14H12ClNO4/c1-19-9-3-4-12(20-2)10(6-9)8-5-11(14(17)18)13(15)16-7-8/h3-7H,1-2H3,(H,17,18). The highest BCUT2D eigenvalue weighted by Gasteiger charge is 2.14. The number of rotatable bonds is 4. The molecule has 0 bridgehead atoms. The largest absolute Gasteiger partial charge is 0.497 e. The van der Waals surface area contributed by atoms with Crippen LogP contribution in [0.5, 0.6) is 11.5 Å². The molecule has 0 aliphatic carbocycles. The summed E-state index contributed by atoms with van der Waals surface area (Å²) in [7, 11) is 3.08. The SMILES string of the molecule is COc1ccc(OC)c(-c2cnc(Cl)c(C(=O)O)c2)c1. The molecule has 0 saturated heterocycles. The van der Waals surface area contributed by atoms with Gasteiger partial charge in [-0.25, -0.2) is 9.78 Å². The van der Waals surface area contributed by atoms with E-state index >= 15 is 0 Å². The number of pyridine rings is 1. The number of aromatic carboxylic acids is 1. The average molecular weight is 294 g/mol. The number of halogens is 1. The van der Waals surface area contributed by atoms with Crippen molar-refractivity contribution in [3.05, 3.63) is 41.2 Å². The van der Waals surface area contributed by atoms with Crippen molar-refractivity contribution in [1.82, 2.24) is 4.98 Å². The molecule has 20 heavy (non-hydrogen) atoms. The lowest BCUT2D eigenvalue weighted by Gasteiger charge is -2.11. The van der Waals surface area contributed by atoms with Crippen LogP contribution in [0, 0.1) is 0 Å². The van der Waals surface area contributed by atoms with Crippen LogP contribution in [0.3, 0.4) is 0 Å². The maximum absolute atomic E-state index is 11.1. The van der Waals surface area contributed by atoms with Crippen molar-refractivity contribution in [3.8, 4) is 22.6 Å². The van der Waals surface area contributed by atoms with E-state index in [1.165, 1.54) is 19.4 Å². The van der Waals surface area contributed by atoms with E-state index in [1.807, 2.05) is 0 Å². The molecule has 0 radical (unpaired) electrons. The summed E-state index contributed by atoms with van der Waals surface area (Å²) in [5.74, 6) is 0.0881. The van der Waals surface area contributed by atoms with Gasteiger partial charge in [0.15, 0.2) is 0 Å². The summed E-state index contributed by atoms with van der Waals surface area (Å²) in [5.41, 5.74) is 1.20. The fourth-order valence-corrected chi connectivity index (χ4v) is 1.97. The molecule has 2 rings (SSSR count). The Morgan fingerprint density at radius 2 is 2.00 bits per heavy atom. The van der Waals surface area contributed by atoms with Gasteiger partial charge in [-0.1, -0.05) is 11.6 Å². The first-order valence-electron chi connectivity index (χ1n) is 5.68.